The molecule has 7 heteroatoms. The van der Waals surface area contributed by atoms with Gasteiger partial charge >= 0.3 is 0 Å². The molecule has 25 heavy (non-hydrogen) atoms. The Morgan fingerprint density at radius 2 is 1.84 bits per heavy atom. The number of amides is 2. The minimum absolute atomic E-state index is 0.0887. The van der Waals surface area contributed by atoms with Gasteiger partial charge in [0.1, 0.15) is 5.56 Å². The van der Waals surface area contributed by atoms with Crippen LogP contribution in [0.3, 0.4) is 0 Å². The van der Waals surface area contributed by atoms with E-state index in [0.717, 1.165) is 0 Å². The van der Waals surface area contributed by atoms with Crippen molar-refractivity contribution in [2.75, 3.05) is 0 Å². The van der Waals surface area contributed by atoms with Crippen molar-refractivity contribution in [3.8, 4) is 11.3 Å². The number of carbonyl (C=O) groups excluding carboxylic acids is 3. The topological polar surface area (TPSA) is 115 Å². The van der Waals surface area contributed by atoms with Gasteiger partial charge in [-0.25, -0.2) is 0 Å². The van der Waals surface area contributed by atoms with E-state index in [4.69, 9.17) is 10.3 Å². The summed E-state index contributed by atoms with van der Waals surface area (Å²) in [5, 5.41) is 6.44. The lowest BCUT2D eigenvalue weighted by Crippen LogP contribution is -2.46. The van der Waals surface area contributed by atoms with Crippen molar-refractivity contribution in [2.45, 2.75) is 33.2 Å². The lowest BCUT2D eigenvalue weighted by atomic mass is 9.99. The van der Waals surface area contributed by atoms with Gasteiger partial charge in [-0.2, -0.15) is 0 Å². The molecule has 7 nitrogen and oxygen atoms in total. The van der Waals surface area contributed by atoms with Crippen LogP contribution in [0, 0.1) is 12.8 Å². The number of nitrogens with zero attached hydrogens (tertiary/aromatic N) is 1. The Labute approximate surface area is 145 Å². The number of nitrogens with one attached hydrogen (secondary N) is 1. The number of hydrogen-bond donors (Lipinski definition) is 2. The highest BCUT2D eigenvalue weighted by molar-refractivity contribution is 6.38. The van der Waals surface area contributed by atoms with E-state index >= 15 is 0 Å². The maximum absolute atomic E-state index is 12.7. The van der Waals surface area contributed by atoms with Crippen molar-refractivity contribution >= 4 is 17.6 Å². The zero-order valence-corrected chi connectivity index (χ0v) is 14.4. The Balaban J connectivity index is 2.32. The summed E-state index contributed by atoms with van der Waals surface area (Å²) in [5.41, 5.74) is 6.41. The van der Waals surface area contributed by atoms with Crippen LogP contribution in [-0.2, 0) is 9.59 Å². The minimum Gasteiger partial charge on any atom is -0.363 e. The average Bonchev–Trinajstić information content (AvgIpc) is 2.95. The molecule has 1 aromatic carbocycles. The van der Waals surface area contributed by atoms with Gasteiger partial charge in [-0.1, -0.05) is 49.3 Å². The summed E-state index contributed by atoms with van der Waals surface area (Å²) in [6.07, 6.45) is 0.304. The zero-order chi connectivity index (χ0) is 18.6. The van der Waals surface area contributed by atoms with Crippen LogP contribution < -0.4 is 11.1 Å². The number of nitrogens with two attached hydrogens (primary N) is 1. The molecule has 0 saturated carbocycles. The first-order valence-electron chi connectivity index (χ1n) is 7.97. The average molecular weight is 343 g/mol. The van der Waals surface area contributed by atoms with Crippen LogP contribution in [0.15, 0.2) is 34.9 Å². The van der Waals surface area contributed by atoms with Gasteiger partial charge in [0, 0.05) is 5.56 Å². The van der Waals surface area contributed by atoms with Crippen LogP contribution in [0.1, 0.15) is 36.3 Å². The maximum atomic E-state index is 12.7. The van der Waals surface area contributed by atoms with Crippen molar-refractivity contribution in [1.29, 1.82) is 0 Å². The quantitative estimate of drug-likeness (QED) is 0.744. The molecule has 2 aromatic rings. The molecule has 0 radical (unpaired) electrons. The van der Waals surface area contributed by atoms with Gasteiger partial charge in [0.25, 0.3) is 11.8 Å². The summed E-state index contributed by atoms with van der Waals surface area (Å²) >= 11 is 0. The molecular formula is C18H21N3O4. The van der Waals surface area contributed by atoms with E-state index < -0.39 is 23.6 Å². The maximum Gasteiger partial charge on any atom is 0.287 e. The Bertz CT molecular complexity index is 781. The smallest absolute Gasteiger partial charge is 0.287 e. The predicted octanol–water partition coefficient (Wildman–Crippen LogP) is 1.85. The molecule has 1 heterocycles. The summed E-state index contributed by atoms with van der Waals surface area (Å²) in [6.45, 7) is 5.40. The summed E-state index contributed by atoms with van der Waals surface area (Å²) in [5.74, 6) is -2.03. The zero-order valence-electron chi connectivity index (χ0n) is 14.4. The fraction of sp³-hybridized carbons (Fsp3) is 0.333. The Kier molecular flexibility index (Phi) is 5.69. The van der Waals surface area contributed by atoms with Crippen molar-refractivity contribution in [3.63, 3.8) is 0 Å². The largest absolute Gasteiger partial charge is 0.363 e. The molecular weight excluding hydrogens is 322 g/mol. The molecule has 1 unspecified atom stereocenters. The van der Waals surface area contributed by atoms with E-state index in [9.17, 15) is 14.4 Å². The Hall–Kier alpha value is -2.96. The summed E-state index contributed by atoms with van der Waals surface area (Å²) in [7, 11) is 0. The molecule has 1 aromatic heterocycles. The fourth-order valence-electron chi connectivity index (χ4n) is 2.53. The van der Waals surface area contributed by atoms with Crippen molar-refractivity contribution in [3.05, 3.63) is 41.6 Å². The first-order valence-corrected chi connectivity index (χ1v) is 7.97. The van der Waals surface area contributed by atoms with Crippen LogP contribution in [0.2, 0.25) is 0 Å². The number of ketones is 1. The molecule has 0 aliphatic heterocycles. The predicted molar refractivity (Wildman–Crippen MR) is 91.6 cm³/mol. The first kappa shape index (κ1) is 18.4. The van der Waals surface area contributed by atoms with Crippen LogP contribution in [0.4, 0.5) is 0 Å². The molecule has 0 aliphatic rings. The van der Waals surface area contributed by atoms with Crippen LogP contribution >= 0.6 is 0 Å². The first-order chi connectivity index (χ1) is 11.8. The summed E-state index contributed by atoms with van der Waals surface area (Å²) in [6, 6.07) is 8.06. The molecule has 0 bridgehead atoms. The molecule has 1 atom stereocenters. The van der Waals surface area contributed by atoms with Crippen LogP contribution in [0.5, 0.6) is 0 Å². The monoisotopic (exact) mass is 343 g/mol. The second-order valence-corrected chi connectivity index (χ2v) is 6.22. The molecule has 0 saturated heterocycles. The lowest BCUT2D eigenvalue weighted by molar-refractivity contribution is -0.137. The van der Waals surface area contributed by atoms with Crippen molar-refractivity contribution in [1.82, 2.24) is 10.5 Å². The van der Waals surface area contributed by atoms with Gasteiger partial charge in [-0.05, 0) is 19.3 Å². The van der Waals surface area contributed by atoms with Gasteiger partial charge in [-0.15, -0.1) is 0 Å². The second kappa shape index (κ2) is 7.74. The van der Waals surface area contributed by atoms with E-state index in [-0.39, 0.29) is 11.5 Å². The number of primary amides is 1. The Morgan fingerprint density at radius 1 is 1.20 bits per heavy atom. The molecule has 0 fully saturated rings. The normalized spacial score (nSPS) is 12.0. The molecule has 2 amide bonds. The number of rotatable bonds is 7. The number of carbonyl (C=O) groups is 3. The van der Waals surface area contributed by atoms with E-state index in [1.54, 1.807) is 19.1 Å². The van der Waals surface area contributed by atoms with Crippen LogP contribution in [-0.4, -0.2) is 28.8 Å². The number of hydrogen-bond acceptors (Lipinski definition) is 5. The molecule has 132 valence electrons. The SMILES string of the molecule is Cc1noc(-c2ccccc2)c1C(=O)NC(CC(C)C)C(=O)C(N)=O. The number of benzene rings is 1. The van der Waals surface area contributed by atoms with E-state index in [1.807, 2.05) is 32.0 Å². The van der Waals surface area contributed by atoms with E-state index in [0.29, 0.717) is 23.4 Å². The Morgan fingerprint density at radius 3 is 2.40 bits per heavy atom. The third-order valence-electron chi connectivity index (χ3n) is 3.70. The summed E-state index contributed by atoms with van der Waals surface area (Å²) in [4.78, 5) is 36.0. The third kappa shape index (κ3) is 4.32. The van der Waals surface area contributed by atoms with Gasteiger partial charge in [0.2, 0.25) is 5.78 Å². The van der Waals surface area contributed by atoms with Crippen LogP contribution in [0.25, 0.3) is 11.3 Å². The third-order valence-corrected chi connectivity index (χ3v) is 3.70. The van der Waals surface area contributed by atoms with Gasteiger partial charge < -0.3 is 15.6 Å². The molecule has 0 aliphatic carbocycles. The van der Waals surface area contributed by atoms with Crippen molar-refractivity contribution in [2.24, 2.45) is 11.7 Å². The highest BCUT2D eigenvalue weighted by Crippen LogP contribution is 2.26. The number of aryl methyl sites for hydroxylation is 1. The molecule has 2 rings (SSSR count). The van der Waals surface area contributed by atoms with E-state index in [1.165, 1.54) is 0 Å². The fourth-order valence-corrected chi connectivity index (χ4v) is 2.53. The standard InChI is InChI=1S/C18H21N3O4/c1-10(2)9-13(15(22)17(19)23)20-18(24)14-11(3)21-25-16(14)12-7-5-4-6-8-12/h4-8,10,13H,9H2,1-3H3,(H2,19,23)(H,20,24). The number of Topliss-reactive ketones (excluding diaryl/α,β-unsaturated/α-hetero) is 1. The minimum atomic E-state index is -1.07. The number of aromatic nitrogens is 1. The van der Waals surface area contributed by atoms with E-state index in [2.05, 4.69) is 10.5 Å². The van der Waals surface area contributed by atoms with Gasteiger partial charge in [0.05, 0.1) is 11.7 Å². The van der Waals surface area contributed by atoms with Gasteiger partial charge in [-0.3, -0.25) is 14.4 Å². The highest BCUT2D eigenvalue weighted by Gasteiger charge is 2.29. The van der Waals surface area contributed by atoms with Gasteiger partial charge in [0.15, 0.2) is 5.76 Å². The van der Waals surface area contributed by atoms with Crippen molar-refractivity contribution < 1.29 is 18.9 Å². The molecule has 3 N–H and O–H groups in total. The highest BCUT2D eigenvalue weighted by atomic mass is 16.5. The lowest BCUT2D eigenvalue weighted by Gasteiger charge is -2.18. The molecule has 0 spiro atoms. The second-order valence-electron chi connectivity index (χ2n) is 6.22. The summed E-state index contributed by atoms with van der Waals surface area (Å²) < 4.78 is 5.29.